The lowest BCUT2D eigenvalue weighted by Gasteiger charge is -2.29. The molecule has 0 aromatic carbocycles. The van der Waals surface area contributed by atoms with Crippen molar-refractivity contribution in [1.82, 2.24) is 24.9 Å². The zero-order valence-corrected chi connectivity index (χ0v) is 17.8. The molecular weight excluding hydrogens is 457 g/mol. The van der Waals surface area contributed by atoms with Crippen LogP contribution in [0.5, 0.6) is 11.8 Å². The number of carbonyl (C=O) groups is 2. The van der Waals surface area contributed by atoms with Crippen molar-refractivity contribution in [3.8, 4) is 11.8 Å². The maximum atomic E-state index is 12.6. The van der Waals surface area contributed by atoms with E-state index in [0.29, 0.717) is 31.3 Å². The minimum absolute atomic E-state index is 0.0819. The number of alkyl halides is 3. The zero-order valence-electron chi connectivity index (χ0n) is 17.8. The van der Waals surface area contributed by atoms with Crippen LogP contribution in [0.15, 0.2) is 36.7 Å². The molecule has 3 aromatic rings. The van der Waals surface area contributed by atoms with E-state index in [0.717, 1.165) is 0 Å². The molecule has 4 rings (SSSR count). The molecule has 3 heterocycles. The minimum atomic E-state index is -4.48. The predicted octanol–water partition coefficient (Wildman–Crippen LogP) is 2.28. The van der Waals surface area contributed by atoms with Crippen LogP contribution in [-0.2, 0) is 0 Å². The fourth-order valence-electron chi connectivity index (χ4n) is 3.62. The van der Waals surface area contributed by atoms with E-state index < -0.39 is 24.6 Å². The number of halogens is 3. The third-order valence-corrected chi connectivity index (χ3v) is 5.24. The highest BCUT2D eigenvalue weighted by atomic mass is 19.4. The van der Waals surface area contributed by atoms with Crippen LogP contribution >= 0.6 is 0 Å². The number of ether oxygens (including phenoxy) is 2. The normalized spacial score (nSPS) is 18.4. The number of amides is 2. The lowest BCUT2D eigenvalue weighted by atomic mass is 9.93. The van der Waals surface area contributed by atoms with E-state index in [2.05, 4.69) is 25.1 Å². The van der Waals surface area contributed by atoms with Gasteiger partial charge in [-0.05, 0) is 43.9 Å². The standard InChI is InChI=1S/C21H21F3N6O4/c22-21(23,24)11-33-17-8-7-16-28-15(10-30(16)29-17)19(32)27-12-3-5-13(6-4-12)34-20-14(18(25)31)2-1-9-26-20/h1-2,7-10,12-13H,3-6,11H2,(H2,25,31)(H,27,32)/t12-,13-. The van der Waals surface area contributed by atoms with Crippen LogP contribution in [0.1, 0.15) is 46.5 Å². The van der Waals surface area contributed by atoms with E-state index in [4.69, 9.17) is 10.5 Å². The van der Waals surface area contributed by atoms with E-state index in [1.54, 1.807) is 12.1 Å². The number of aromatic nitrogens is 4. The lowest BCUT2D eigenvalue weighted by Crippen LogP contribution is -2.40. The van der Waals surface area contributed by atoms with Gasteiger partial charge in [-0.25, -0.2) is 14.5 Å². The first kappa shape index (κ1) is 23.3. The van der Waals surface area contributed by atoms with Crippen LogP contribution in [0.4, 0.5) is 13.2 Å². The molecule has 1 aliphatic carbocycles. The van der Waals surface area contributed by atoms with Crippen molar-refractivity contribution in [3.63, 3.8) is 0 Å². The molecule has 2 amide bonds. The van der Waals surface area contributed by atoms with Gasteiger partial charge < -0.3 is 20.5 Å². The molecule has 0 atom stereocenters. The first-order valence-electron chi connectivity index (χ1n) is 10.5. The number of hydrogen-bond donors (Lipinski definition) is 2. The van der Waals surface area contributed by atoms with Gasteiger partial charge in [0.1, 0.15) is 17.4 Å². The molecule has 0 radical (unpaired) electrons. The van der Waals surface area contributed by atoms with Crippen LogP contribution in [0.2, 0.25) is 0 Å². The van der Waals surface area contributed by atoms with Crippen LogP contribution in [0.25, 0.3) is 5.65 Å². The van der Waals surface area contributed by atoms with E-state index in [9.17, 15) is 22.8 Å². The number of fused-ring (bicyclic) bond motifs is 1. The molecule has 0 spiro atoms. The Hall–Kier alpha value is -3.90. The third kappa shape index (κ3) is 5.71. The highest BCUT2D eigenvalue weighted by Crippen LogP contribution is 2.25. The number of carbonyl (C=O) groups excluding carboxylic acids is 2. The van der Waals surface area contributed by atoms with Crippen molar-refractivity contribution in [3.05, 3.63) is 47.9 Å². The number of nitrogens with one attached hydrogen (secondary N) is 1. The summed E-state index contributed by atoms with van der Waals surface area (Å²) >= 11 is 0. The van der Waals surface area contributed by atoms with Crippen LogP contribution in [0, 0.1) is 0 Å². The molecule has 0 bridgehead atoms. The van der Waals surface area contributed by atoms with E-state index in [1.165, 1.54) is 29.0 Å². The molecule has 3 N–H and O–H groups in total. The topological polar surface area (TPSA) is 134 Å². The molecule has 1 saturated carbocycles. The second kappa shape index (κ2) is 9.53. The predicted molar refractivity (Wildman–Crippen MR) is 111 cm³/mol. The largest absolute Gasteiger partial charge is 0.474 e. The lowest BCUT2D eigenvalue weighted by molar-refractivity contribution is -0.154. The summed E-state index contributed by atoms with van der Waals surface area (Å²) in [6.45, 7) is -1.47. The van der Waals surface area contributed by atoms with E-state index in [-0.39, 0.29) is 35.2 Å². The maximum absolute atomic E-state index is 12.6. The molecule has 1 fully saturated rings. The van der Waals surface area contributed by atoms with Gasteiger partial charge in [0.25, 0.3) is 11.8 Å². The monoisotopic (exact) mass is 478 g/mol. The molecule has 13 heteroatoms. The van der Waals surface area contributed by atoms with Gasteiger partial charge in [-0.15, -0.1) is 5.10 Å². The average molecular weight is 478 g/mol. The summed E-state index contributed by atoms with van der Waals surface area (Å²) in [6, 6.07) is 5.70. The van der Waals surface area contributed by atoms with Gasteiger partial charge >= 0.3 is 6.18 Å². The number of primary amides is 1. The van der Waals surface area contributed by atoms with E-state index in [1.807, 2.05) is 0 Å². The molecule has 0 aliphatic heterocycles. The van der Waals surface area contributed by atoms with Crippen molar-refractivity contribution >= 4 is 17.5 Å². The summed E-state index contributed by atoms with van der Waals surface area (Å²) in [5.74, 6) is -1.09. The zero-order chi connectivity index (χ0) is 24.3. The molecule has 34 heavy (non-hydrogen) atoms. The number of imidazole rings is 1. The van der Waals surface area contributed by atoms with Crippen molar-refractivity contribution in [2.24, 2.45) is 5.73 Å². The number of rotatable bonds is 7. The highest BCUT2D eigenvalue weighted by molar-refractivity contribution is 5.95. The Labute approximate surface area is 191 Å². The van der Waals surface area contributed by atoms with Gasteiger partial charge in [0.2, 0.25) is 11.8 Å². The fraction of sp³-hybridized carbons (Fsp3) is 0.381. The Kier molecular flexibility index (Phi) is 6.52. The minimum Gasteiger partial charge on any atom is -0.474 e. The molecule has 3 aromatic heterocycles. The average Bonchev–Trinajstić information content (AvgIpc) is 3.22. The Morgan fingerprint density at radius 2 is 1.94 bits per heavy atom. The van der Waals surface area contributed by atoms with Crippen molar-refractivity contribution in [1.29, 1.82) is 0 Å². The SMILES string of the molecule is NC(=O)c1cccnc1O[C@H]1CC[C@H](NC(=O)c2cn3nc(OCC(F)(F)F)ccc3n2)CC1. The maximum Gasteiger partial charge on any atom is 0.422 e. The second-order valence-electron chi connectivity index (χ2n) is 7.79. The van der Waals surface area contributed by atoms with Crippen molar-refractivity contribution in [2.75, 3.05) is 6.61 Å². The number of nitrogens with zero attached hydrogens (tertiary/aromatic N) is 4. The highest BCUT2D eigenvalue weighted by Gasteiger charge is 2.29. The summed E-state index contributed by atoms with van der Waals surface area (Å²) in [5, 5.41) is 6.80. The van der Waals surface area contributed by atoms with Gasteiger partial charge in [-0.2, -0.15) is 13.2 Å². The third-order valence-electron chi connectivity index (χ3n) is 5.24. The Morgan fingerprint density at radius 1 is 1.18 bits per heavy atom. The Morgan fingerprint density at radius 3 is 2.65 bits per heavy atom. The molecule has 10 nitrogen and oxygen atoms in total. The molecule has 0 saturated heterocycles. The number of nitrogens with two attached hydrogens (primary N) is 1. The van der Waals surface area contributed by atoms with Gasteiger partial charge in [0.05, 0.1) is 6.20 Å². The quantitative estimate of drug-likeness (QED) is 0.532. The summed E-state index contributed by atoms with van der Waals surface area (Å²) < 4.78 is 48.6. The summed E-state index contributed by atoms with van der Waals surface area (Å²) in [6.07, 6.45) is 0.721. The molecule has 0 unspecified atom stereocenters. The molecular formula is C21H21F3N6O4. The first-order valence-corrected chi connectivity index (χ1v) is 10.5. The van der Waals surface area contributed by atoms with Crippen LogP contribution in [-0.4, -0.2) is 56.3 Å². The van der Waals surface area contributed by atoms with Gasteiger partial charge in [-0.3, -0.25) is 9.59 Å². The van der Waals surface area contributed by atoms with Gasteiger partial charge in [0, 0.05) is 18.3 Å². The van der Waals surface area contributed by atoms with Gasteiger partial charge in [-0.1, -0.05) is 0 Å². The Bertz CT molecular complexity index is 1190. The summed E-state index contributed by atoms with van der Waals surface area (Å²) in [4.78, 5) is 32.4. The summed E-state index contributed by atoms with van der Waals surface area (Å²) in [7, 11) is 0. The number of hydrogen-bond acceptors (Lipinski definition) is 7. The number of pyridine rings is 1. The second-order valence-corrected chi connectivity index (χ2v) is 7.79. The molecule has 1 aliphatic rings. The summed E-state index contributed by atoms with van der Waals surface area (Å²) in [5.41, 5.74) is 5.94. The molecule has 180 valence electrons. The smallest absolute Gasteiger partial charge is 0.422 e. The first-order chi connectivity index (χ1) is 16.2. The fourth-order valence-corrected chi connectivity index (χ4v) is 3.62. The van der Waals surface area contributed by atoms with Crippen molar-refractivity contribution < 1.29 is 32.2 Å². The van der Waals surface area contributed by atoms with E-state index >= 15 is 0 Å². The Balaban J connectivity index is 1.32. The van der Waals surface area contributed by atoms with Crippen LogP contribution in [0.3, 0.4) is 0 Å². The van der Waals surface area contributed by atoms with Gasteiger partial charge in [0.15, 0.2) is 12.3 Å². The van der Waals surface area contributed by atoms with Crippen molar-refractivity contribution in [2.45, 2.75) is 44.0 Å². The van der Waals surface area contributed by atoms with Crippen LogP contribution < -0.4 is 20.5 Å².